The zero-order chi connectivity index (χ0) is 16.0. The average Bonchev–Trinajstić information content (AvgIpc) is 2.45. The fourth-order valence-electron chi connectivity index (χ4n) is 1.75. The van der Waals surface area contributed by atoms with Crippen LogP contribution in [0.4, 0.5) is 4.79 Å². The van der Waals surface area contributed by atoms with E-state index in [1.807, 2.05) is 0 Å². The molecule has 0 spiro atoms. The van der Waals surface area contributed by atoms with Gasteiger partial charge < -0.3 is 30.5 Å². The highest BCUT2D eigenvalue weighted by Gasteiger charge is 2.32. The van der Waals surface area contributed by atoms with Gasteiger partial charge in [0.2, 0.25) is 5.91 Å². The summed E-state index contributed by atoms with van der Waals surface area (Å²) in [5.74, 6) is -2.85. The number of urea groups is 1. The SMILES string of the molecule is COC(=O)C1CN(C(=O)N[C@@H](CC(N)=O)C(=O)O)CCO1. The molecule has 1 aliphatic rings. The summed E-state index contributed by atoms with van der Waals surface area (Å²) in [6.45, 7) is 0.227. The van der Waals surface area contributed by atoms with Gasteiger partial charge in [0.15, 0.2) is 6.10 Å². The van der Waals surface area contributed by atoms with Crippen molar-refractivity contribution in [1.29, 1.82) is 0 Å². The van der Waals surface area contributed by atoms with Crippen LogP contribution in [-0.2, 0) is 23.9 Å². The molecule has 118 valence electrons. The maximum Gasteiger partial charge on any atom is 0.336 e. The fraction of sp³-hybridized carbons (Fsp3) is 0.636. The van der Waals surface area contributed by atoms with Crippen LogP contribution in [0.2, 0.25) is 0 Å². The third kappa shape index (κ3) is 4.91. The van der Waals surface area contributed by atoms with Crippen LogP contribution in [0, 0.1) is 0 Å². The lowest BCUT2D eigenvalue weighted by Gasteiger charge is -2.32. The van der Waals surface area contributed by atoms with Crippen LogP contribution in [0.15, 0.2) is 0 Å². The number of carboxylic acids is 1. The monoisotopic (exact) mass is 303 g/mol. The molecule has 2 atom stereocenters. The smallest absolute Gasteiger partial charge is 0.336 e. The highest BCUT2D eigenvalue weighted by atomic mass is 16.6. The second-order valence-electron chi connectivity index (χ2n) is 4.34. The molecule has 1 unspecified atom stereocenters. The van der Waals surface area contributed by atoms with Crippen molar-refractivity contribution in [2.45, 2.75) is 18.6 Å². The van der Waals surface area contributed by atoms with Crippen LogP contribution in [-0.4, -0.2) is 72.8 Å². The van der Waals surface area contributed by atoms with Crippen molar-refractivity contribution in [3.8, 4) is 0 Å². The van der Waals surface area contributed by atoms with Gasteiger partial charge in [-0.3, -0.25) is 4.79 Å². The molecule has 0 aromatic heterocycles. The molecular weight excluding hydrogens is 286 g/mol. The van der Waals surface area contributed by atoms with Crippen molar-refractivity contribution in [1.82, 2.24) is 10.2 Å². The van der Waals surface area contributed by atoms with E-state index in [0.717, 1.165) is 0 Å². The highest BCUT2D eigenvalue weighted by Crippen LogP contribution is 2.07. The van der Waals surface area contributed by atoms with E-state index in [0.29, 0.717) is 0 Å². The molecule has 1 fully saturated rings. The largest absolute Gasteiger partial charge is 0.480 e. The molecule has 0 bridgehead atoms. The third-order valence-corrected chi connectivity index (χ3v) is 2.82. The van der Waals surface area contributed by atoms with Crippen molar-refractivity contribution in [2.24, 2.45) is 5.73 Å². The number of ether oxygens (including phenoxy) is 2. The maximum absolute atomic E-state index is 11.9. The summed E-state index contributed by atoms with van der Waals surface area (Å²) in [5.41, 5.74) is 4.92. The molecule has 0 aromatic rings. The average molecular weight is 303 g/mol. The number of carbonyl (C=O) groups is 4. The molecule has 0 radical (unpaired) electrons. The van der Waals surface area contributed by atoms with Crippen molar-refractivity contribution in [3.05, 3.63) is 0 Å². The number of carboxylic acid groups (broad SMARTS) is 1. The second kappa shape index (κ2) is 7.43. The number of methoxy groups -OCH3 is 1. The lowest BCUT2D eigenvalue weighted by Crippen LogP contribution is -2.55. The zero-order valence-corrected chi connectivity index (χ0v) is 11.4. The van der Waals surface area contributed by atoms with E-state index >= 15 is 0 Å². The fourth-order valence-corrected chi connectivity index (χ4v) is 1.75. The number of morpholine rings is 1. The molecule has 0 aromatic carbocycles. The number of nitrogens with two attached hydrogens (primary N) is 1. The lowest BCUT2D eigenvalue weighted by molar-refractivity contribution is -0.158. The van der Waals surface area contributed by atoms with Crippen molar-refractivity contribution >= 4 is 23.9 Å². The number of nitrogens with one attached hydrogen (secondary N) is 1. The number of aliphatic carboxylic acids is 1. The molecule has 1 saturated heterocycles. The first-order valence-electron chi connectivity index (χ1n) is 6.11. The van der Waals surface area contributed by atoms with Crippen molar-refractivity contribution < 1.29 is 33.8 Å². The van der Waals surface area contributed by atoms with Crippen LogP contribution < -0.4 is 11.1 Å². The number of hydrogen-bond acceptors (Lipinski definition) is 6. The normalized spacial score (nSPS) is 19.5. The molecule has 4 N–H and O–H groups in total. The number of primary amides is 1. The highest BCUT2D eigenvalue weighted by molar-refractivity contribution is 5.88. The molecule has 0 aliphatic carbocycles. The van der Waals surface area contributed by atoms with Gasteiger partial charge in [-0.15, -0.1) is 0 Å². The Balaban J connectivity index is 2.62. The summed E-state index contributed by atoms with van der Waals surface area (Å²) in [4.78, 5) is 46.2. The van der Waals surface area contributed by atoms with Gasteiger partial charge in [-0.1, -0.05) is 0 Å². The molecular formula is C11H17N3O7. The summed E-state index contributed by atoms with van der Waals surface area (Å²) < 4.78 is 9.65. The number of esters is 1. The summed E-state index contributed by atoms with van der Waals surface area (Å²) >= 11 is 0. The number of nitrogens with zero attached hydrogens (tertiary/aromatic N) is 1. The van der Waals surface area contributed by atoms with E-state index in [4.69, 9.17) is 15.6 Å². The first-order chi connectivity index (χ1) is 9.85. The first-order valence-corrected chi connectivity index (χ1v) is 6.11. The number of rotatable bonds is 5. The van der Waals surface area contributed by atoms with Gasteiger partial charge in [-0.25, -0.2) is 14.4 Å². The molecule has 1 aliphatic heterocycles. The second-order valence-corrected chi connectivity index (χ2v) is 4.34. The Labute approximate surface area is 120 Å². The lowest BCUT2D eigenvalue weighted by atomic mass is 10.2. The standard InChI is InChI=1S/C11H17N3O7/c1-20-10(18)7-5-14(2-3-21-7)11(19)13-6(9(16)17)4-8(12)15/h6-7H,2-5H2,1H3,(H2,12,15)(H,13,19)(H,16,17)/t6-,7?/m0/s1. The van der Waals surface area contributed by atoms with E-state index in [-0.39, 0.29) is 19.7 Å². The Morgan fingerprint density at radius 1 is 1.48 bits per heavy atom. The van der Waals surface area contributed by atoms with Crippen LogP contribution in [0.5, 0.6) is 0 Å². The number of carbonyl (C=O) groups excluding carboxylic acids is 3. The summed E-state index contributed by atoms with van der Waals surface area (Å²) in [6, 6.07) is -2.14. The summed E-state index contributed by atoms with van der Waals surface area (Å²) in [6.07, 6.45) is -1.44. The predicted molar refractivity (Wildman–Crippen MR) is 67.1 cm³/mol. The minimum Gasteiger partial charge on any atom is -0.480 e. The van der Waals surface area contributed by atoms with Gasteiger partial charge in [0.25, 0.3) is 0 Å². The number of hydrogen-bond donors (Lipinski definition) is 3. The van der Waals surface area contributed by atoms with Crippen molar-refractivity contribution in [3.63, 3.8) is 0 Å². The minimum absolute atomic E-state index is 0.0680. The topological polar surface area (TPSA) is 148 Å². The molecule has 1 heterocycles. The molecule has 3 amide bonds. The molecule has 21 heavy (non-hydrogen) atoms. The van der Waals surface area contributed by atoms with Gasteiger partial charge in [0.1, 0.15) is 6.04 Å². The van der Waals surface area contributed by atoms with Gasteiger partial charge in [-0.2, -0.15) is 0 Å². The van der Waals surface area contributed by atoms with Gasteiger partial charge in [0, 0.05) is 6.54 Å². The van der Waals surface area contributed by atoms with E-state index < -0.39 is 42.4 Å². The van der Waals surface area contributed by atoms with Crippen molar-refractivity contribution in [2.75, 3.05) is 26.8 Å². The number of amides is 3. The van der Waals surface area contributed by atoms with E-state index in [9.17, 15) is 19.2 Å². The van der Waals surface area contributed by atoms with Gasteiger partial charge in [-0.05, 0) is 0 Å². The quantitative estimate of drug-likeness (QED) is 0.492. The molecule has 10 heteroatoms. The summed E-state index contributed by atoms with van der Waals surface area (Å²) in [7, 11) is 1.19. The molecule has 10 nitrogen and oxygen atoms in total. The Morgan fingerprint density at radius 2 is 2.14 bits per heavy atom. The Hall–Kier alpha value is -2.36. The molecule has 0 saturated carbocycles. The van der Waals surface area contributed by atoms with Gasteiger partial charge in [0.05, 0.1) is 26.7 Å². The Kier molecular flexibility index (Phi) is 5.91. The van der Waals surface area contributed by atoms with E-state index in [2.05, 4.69) is 10.1 Å². The Morgan fingerprint density at radius 3 is 2.67 bits per heavy atom. The Bertz CT molecular complexity index is 440. The van der Waals surface area contributed by atoms with Gasteiger partial charge >= 0.3 is 18.0 Å². The van der Waals surface area contributed by atoms with Crippen LogP contribution in [0.1, 0.15) is 6.42 Å². The van der Waals surface area contributed by atoms with E-state index in [1.54, 1.807) is 0 Å². The first kappa shape index (κ1) is 16.7. The van der Waals surface area contributed by atoms with Crippen LogP contribution in [0.3, 0.4) is 0 Å². The minimum atomic E-state index is -1.42. The zero-order valence-electron chi connectivity index (χ0n) is 11.4. The predicted octanol–water partition coefficient (Wildman–Crippen LogP) is -2.10. The van der Waals surface area contributed by atoms with Crippen LogP contribution in [0.25, 0.3) is 0 Å². The summed E-state index contributed by atoms with van der Waals surface area (Å²) in [5, 5.41) is 11.1. The van der Waals surface area contributed by atoms with Crippen LogP contribution >= 0.6 is 0 Å². The van der Waals surface area contributed by atoms with E-state index in [1.165, 1.54) is 12.0 Å². The maximum atomic E-state index is 11.9. The molecule has 1 rings (SSSR count). The third-order valence-electron chi connectivity index (χ3n) is 2.82.